The summed E-state index contributed by atoms with van der Waals surface area (Å²) in [7, 11) is 1.81. The highest BCUT2D eigenvalue weighted by Gasteiger charge is 2.22. The number of aromatic nitrogens is 2. The lowest BCUT2D eigenvalue weighted by Crippen LogP contribution is -2.26. The van der Waals surface area contributed by atoms with E-state index in [1.807, 2.05) is 92.0 Å². The van der Waals surface area contributed by atoms with Crippen LogP contribution >= 0.6 is 11.6 Å². The van der Waals surface area contributed by atoms with E-state index in [9.17, 15) is 4.79 Å². The van der Waals surface area contributed by atoms with Gasteiger partial charge in [0, 0.05) is 24.2 Å². The van der Waals surface area contributed by atoms with Gasteiger partial charge >= 0.3 is 0 Å². The summed E-state index contributed by atoms with van der Waals surface area (Å²) in [6.07, 6.45) is 1.64. The number of benzene rings is 3. The van der Waals surface area contributed by atoms with E-state index in [0.29, 0.717) is 17.1 Å². The zero-order chi connectivity index (χ0) is 20.2. The van der Waals surface area contributed by atoms with Crippen molar-refractivity contribution in [2.45, 2.75) is 6.54 Å². The quantitative estimate of drug-likeness (QED) is 0.445. The molecule has 0 atom stereocenters. The van der Waals surface area contributed by atoms with Gasteiger partial charge in [0.1, 0.15) is 0 Å². The fourth-order valence-electron chi connectivity index (χ4n) is 3.29. The summed E-state index contributed by atoms with van der Waals surface area (Å²) < 4.78 is 1.79. The van der Waals surface area contributed by atoms with E-state index in [4.69, 9.17) is 11.6 Å². The molecule has 0 spiro atoms. The van der Waals surface area contributed by atoms with E-state index < -0.39 is 0 Å². The highest BCUT2D eigenvalue weighted by molar-refractivity contribution is 6.30. The average molecular weight is 402 g/mol. The number of halogens is 1. The molecule has 0 aliphatic heterocycles. The zero-order valence-electron chi connectivity index (χ0n) is 16.0. The van der Waals surface area contributed by atoms with E-state index in [1.54, 1.807) is 15.8 Å². The highest BCUT2D eigenvalue weighted by atomic mass is 35.5. The summed E-state index contributed by atoms with van der Waals surface area (Å²) >= 11 is 6.04. The average Bonchev–Trinajstić information content (AvgIpc) is 3.20. The SMILES string of the molecule is CN(Cc1ccccc1)C(=O)c1cnn(-c2ccc(Cl)cc2)c1-c1ccccc1. The first kappa shape index (κ1) is 19.0. The van der Waals surface area contributed by atoms with E-state index in [2.05, 4.69) is 5.10 Å². The third kappa shape index (κ3) is 4.08. The predicted octanol–water partition coefficient (Wildman–Crippen LogP) is 5.46. The molecule has 0 aliphatic carbocycles. The summed E-state index contributed by atoms with van der Waals surface area (Å²) in [4.78, 5) is 15.0. The Kier molecular flexibility index (Phi) is 5.45. The van der Waals surface area contributed by atoms with Crippen molar-refractivity contribution in [3.05, 3.63) is 107 Å². The first-order valence-corrected chi connectivity index (χ1v) is 9.70. The maximum atomic E-state index is 13.3. The maximum Gasteiger partial charge on any atom is 0.257 e. The fraction of sp³-hybridized carbons (Fsp3) is 0.0833. The maximum absolute atomic E-state index is 13.3. The standard InChI is InChI=1S/C24H20ClN3O/c1-27(17-18-8-4-2-5-9-18)24(29)22-16-26-28(21-14-12-20(25)13-15-21)23(22)19-10-6-3-7-11-19/h2-16H,17H2,1H3. The first-order chi connectivity index (χ1) is 14.1. The molecule has 4 nitrogen and oxygen atoms in total. The van der Waals surface area contributed by atoms with Gasteiger partial charge in [-0.05, 0) is 29.8 Å². The Morgan fingerprint density at radius 1 is 0.931 bits per heavy atom. The van der Waals surface area contributed by atoms with Crippen LogP contribution < -0.4 is 0 Å². The molecule has 144 valence electrons. The van der Waals surface area contributed by atoms with Gasteiger partial charge in [-0.2, -0.15) is 5.10 Å². The molecule has 29 heavy (non-hydrogen) atoms. The number of nitrogens with zero attached hydrogens (tertiary/aromatic N) is 3. The van der Waals surface area contributed by atoms with Crippen molar-refractivity contribution >= 4 is 17.5 Å². The van der Waals surface area contributed by atoms with Crippen LogP contribution in [-0.4, -0.2) is 27.6 Å². The molecular formula is C24H20ClN3O. The number of hydrogen-bond acceptors (Lipinski definition) is 2. The summed E-state index contributed by atoms with van der Waals surface area (Å²) in [6.45, 7) is 0.528. The van der Waals surface area contributed by atoms with Gasteiger partial charge in [0.2, 0.25) is 0 Å². The molecule has 1 amide bonds. The molecule has 0 aliphatic rings. The lowest BCUT2D eigenvalue weighted by molar-refractivity contribution is 0.0786. The zero-order valence-corrected chi connectivity index (χ0v) is 16.8. The first-order valence-electron chi connectivity index (χ1n) is 9.32. The number of carbonyl (C=O) groups excluding carboxylic acids is 1. The van der Waals surface area contributed by atoms with Crippen LogP contribution in [0.3, 0.4) is 0 Å². The molecule has 0 bridgehead atoms. The van der Waals surface area contributed by atoms with Crippen LogP contribution in [0.1, 0.15) is 15.9 Å². The molecule has 0 saturated heterocycles. The summed E-state index contributed by atoms with van der Waals surface area (Å²) in [5.74, 6) is -0.0760. The Morgan fingerprint density at radius 3 is 2.21 bits per heavy atom. The predicted molar refractivity (Wildman–Crippen MR) is 116 cm³/mol. The largest absolute Gasteiger partial charge is 0.337 e. The Bertz CT molecular complexity index is 1110. The van der Waals surface area contributed by atoms with Gasteiger partial charge in [-0.3, -0.25) is 4.79 Å². The van der Waals surface area contributed by atoms with Crippen LogP contribution in [0.2, 0.25) is 5.02 Å². The third-order valence-electron chi connectivity index (χ3n) is 4.73. The Morgan fingerprint density at radius 2 is 1.55 bits per heavy atom. The minimum absolute atomic E-state index is 0.0760. The van der Waals surface area contributed by atoms with E-state index in [1.165, 1.54) is 0 Å². The molecule has 1 aromatic heterocycles. The van der Waals surface area contributed by atoms with E-state index in [0.717, 1.165) is 22.5 Å². The molecule has 1 heterocycles. The van der Waals surface area contributed by atoms with Crippen LogP contribution in [-0.2, 0) is 6.54 Å². The minimum atomic E-state index is -0.0760. The van der Waals surface area contributed by atoms with Crippen molar-refractivity contribution in [2.24, 2.45) is 0 Å². The van der Waals surface area contributed by atoms with Crippen LogP contribution in [0.15, 0.2) is 91.1 Å². The number of carbonyl (C=O) groups is 1. The molecule has 4 rings (SSSR count). The topological polar surface area (TPSA) is 38.1 Å². The van der Waals surface area contributed by atoms with Gasteiger partial charge in [0.05, 0.1) is 23.1 Å². The molecule has 0 saturated carbocycles. The van der Waals surface area contributed by atoms with Gasteiger partial charge in [0.15, 0.2) is 0 Å². The molecule has 4 aromatic rings. The van der Waals surface area contributed by atoms with E-state index in [-0.39, 0.29) is 5.91 Å². The van der Waals surface area contributed by atoms with Crippen molar-refractivity contribution in [1.82, 2.24) is 14.7 Å². The summed E-state index contributed by atoms with van der Waals surface area (Å²) in [5, 5.41) is 5.18. The van der Waals surface area contributed by atoms with E-state index >= 15 is 0 Å². The number of rotatable bonds is 5. The van der Waals surface area contributed by atoms with Crippen molar-refractivity contribution in [1.29, 1.82) is 0 Å². The summed E-state index contributed by atoms with van der Waals surface area (Å²) in [6, 6.07) is 27.2. The second-order valence-corrected chi connectivity index (χ2v) is 7.24. The van der Waals surface area contributed by atoms with Crippen molar-refractivity contribution in [3.8, 4) is 16.9 Å². The molecule has 3 aromatic carbocycles. The lowest BCUT2D eigenvalue weighted by Gasteiger charge is -2.18. The van der Waals surface area contributed by atoms with Crippen molar-refractivity contribution in [2.75, 3.05) is 7.05 Å². The van der Waals surface area contributed by atoms with Gasteiger partial charge in [-0.15, -0.1) is 0 Å². The monoisotopic (exact) mass is 401 g/mol. The summed E-state index contributed by atoms with van der Waals surface area (Å²) in [5.41, 5.74) is 4.17. The van der Waals surface area contributed by atoms with Crippen LogP contribution in [0.5, 0.6) is 0 Å². The Labute approximate surface area is 175 Å². The van der Waals surface area contributed by atoms with Crippen molar-refractivity contribution < 1.29 is 4.79 Å². The molecule has 0 fully saturated rings. The lowest BCUT2D eigenvalue weighted by atomic mass is 10.1. The fourth-order valence-corrected chi connectivity index (χ4v) is 3.42. The molecular weight excluding hydrogens is 382 g/mol. The Balaban J connectivity index is 1.75. The van der Waals surface area contributed by atoms with Gasteiger partial charge in [0.25, 0.3) is 5.91 Å². The normalized spacial score (nSPS) is 10.7. The highest BCUT2D eigenvalue weighted by Crippen LogP contribution is 2.28. The van der Waals surface area contributed by atoms with Crippen LogP contribution in [0, 0.1) is 0 Å². The number of hydrogen-bond donors (Lipinski definition) is 0. The van der Waals surface area contributed by atoms with Crippen LogP contribution in [0.25, 0.3) is 16.9 Å². The smallest absolute Gasteiger partial charge is 0.257 e. The van der Waals surface area contributed by atoms with Gasteiger partial charge in [-0.1, -0.05) is 72.3 Å². The second-order valence-electron chi connectivity index (χ2n) is 6.81. The van der Waals surface area contributed by atoms with Crippen LogP contribution in [0.4, 0.5) is 0 Å². The minimum Gasteiger partial charge on any atom is -0.337 e. The third-order valence-corrected chi connectivity index (χ3v) is 4.98. The molecule has 0 N–H and O–H groups in total. The van der Waals surface area contributed by atoms with Crippen molar-refractivity contribution in [3.63, 3.8) is 0 Å². The van der Waals surface area contributed by atoms with Gasteiger partial charge < -0.3 is 4.90 Å². The molecule has 5 heteroatoms. The molecule has 0 radical (unpaired) electrons. The number of amides is 1. The molecule has 0 unspecified atom stereocenters. The van der Waals surface area contributed by atoms with Gasteiger partial charge in [-0.25, -0.2) is 4.68 Å². The second kappa shape index (κ2) is 8.33. The Hall–Kier alpha value is -3.37.